The fourth-order valence-corrected chi connectivity index (χ4v) is 3.52. The van der Waals surface area contributed by atoms with Crippen LogP contribution < -0.4 is 5.32 Å². The Hall–Kier alpha value is -1.51. The van der Waals surface area contributed by atoms with E-state index in [1.807, 2.05) is 24.3 Å². The van der Waals surface area contributed by atoms with Crippen LogP contribution in [-0.2, 0) is 0 Å². The molecule has 1 saturated heterocycles. The molecule has 0 bridgehead atoms. The van der Waals surface area contributed by atoms with Gasteiger partial charge >= 0.3 is 0 Å². The van der Waals surface area contributed by atoms with Crippen LogP contribution in [0.4, 0.5) is 5.69 Å². The summed E-state index contributed by atoms with van der Waals surface area (Å²) in [7, 11) is 0. The van der Waals surface area contributed by atoms with Gasteiger partial charge in [0.05, 0.1) is 0 Å². The largest absolute Gasteiger partial charge is 0.385 e. The fraction of sp³-hybridized carbons (Fsp3) is 0.562. The highest BCUT2D eigenvalue weighted by Gasteiger charge is 2.38. The minimum atomic E-state index is 0.206. The molecule has 0 radical (unpaired) electrons. The Morgan fingerprint density at radius 3 is 2.42 bits per heavy atom. The second-order valence-corrected chi connectivity index (χ2v) is 5.77. The summed E-state index contributed by atoms with van der Waals surface area (Å²) in [5.74, 6) is 1.74. The summed E-state index contributed by atoms with van der Waals surface area (Å²) < 4.78 is 0. The molecular weight excluding hydrogens is 236 g/mol. The summed E-state index contributed by atoms with van der Waals surface area (Å²) >= 11 is 0. The number of nitrogens with one attached hydrogen (secondary N) is 1. The van der Waals surface area contributed by atoms with Crippen LogP contribution in [-0.4, -0.2) is 30.4 Å². The quantitative estimate of drug-likeness (QED) is 0.904. The molecule has 102 valence electrons. The summed E-state index contributed by atoms with van der Waals surface area (Å²) in [5, 5.41) is 3.25. The van der Waals surface area contributed by atoms with Crippen LogP contribution in [0, 0.1) is 11.8 Å². The van der Waals surface area contributed by atoms with Crippen LogP contribution in [0.2, 0.25) is 0 Å². The highest BCUT2D eigenvalue weighted by Crippen LogP contribution is 2.38. The Balaban J connectivity index is 1.67. The predicted molar refractivity (Wildman–Crippen MR) is 77.3 cm³/mol. The van der Waals surface area contributed by atoms with Crippen molar-refractivity contribution >= 4 is 11.6 Å². The lowest BCUT2D eigenvalue weighted by molar-refractivity contribution is 0.0780. The molecule has 2 aliphatic rings. The molecule has 19 heavy (non-hydrogen) atoms. The van der Waals surface area contributed by atoms with E-state index in [0.717, 1.165) is 42.7 Å². The third-order valence-corrected chi connectivity index (χ3v) is 4.53. The molecule has 1 heterocycles. The van der Waals surface area contributed by atoms with Gasteiger partial charge in [0.15, 0.2) is 0 Å². The van der Waals surface area contributed by atoms with Gasteiger partial charge in [0.25, 0.3) is 5.91 Å². The van der Waals surface area contributed by atoms with Gasteiger partial charge in [0.1, 0.15) is 0 Å². The highest BCUT2D eigenvalue weighted by molar-refractivity contribution is 5.94. The van der Waals surface area contributed by atoms with Gasteiger partial charge in [0.2, 0.25) is 0 Å². The van der Waals surface area contributed by atoms with Crippen molar-refractivity contribution in [2.75, 3.05) is 25.0 Å². The molecule has 2 fully saturated rings. The van der Waals surface area contributed by atoms with Crippen molar-refractivity contribution in [3.05, 3.63) is 29.8 Å². The van der Waals surface area contributed by atoms with Crippen LogP contribution in [0.5, 0.6) is 0 Å². The topological polar surface area (TPSA) is 32.3 Å². The van der Waals surface area contributed by atoms with E-state index >= 15 is 0 Å². The number of fused-ring (bicyclic) bond motifs is 1. The van der Waals surface area contributed by atoms with Crippen molar-refractivity contribution in [1.29, 1.82) is 0 Å². The van der Waals surface area contributed by atoms with Gasteiger partial charge in [-0.2, -0.15) is 0 Å². The zero-order chi connectivity index (χ0) is 13.2. The molecule has 1 N–H and O–H groups in total. The van der Waals surface area contributed by atoms with E-state index in [0.29, 0.717) is 0 Å². The standard InChI is InChI=1S/C16H22N2O/c1-2-17-15-8-6-12(7-9-15)16(19)18-10-13-4-3-5-14(13)11-18/h6-9,13-14,17H,2-5,10-11H2,1H3. The first-order valence-corrected chi connectivity index (χ1v) is 7.41. The number of carbonyl (C=O) groups excluding carboxylic acids is 1. The summed E-state index contributed by atoms with van der Waals surface area (Å²) in [6.45, 7) is 4.92. The van der Waals surface area contributed by atoms with Crippen molar-refractivity contribution < 1.29 is 4.79 Å². The first-order valence-electron chi connectivity index (χ1n) is 7.41. The maximum Gasteiger partial charge on any atom is 0.253 e. The molecule has 1 aromatic carbocycles. The zero-order valence-corrected chi connectivity index (χ0v) is 11.6. The molecule has 3 heteroatoms. The molecular formula is C16H22N2O. The van der Waals surface area contributed by atoms with E-state index in [1.165, 1.54) is 19.3 Å². The van der Waals surface area contributed by atoms with Crippen molar-refractivity contribution in [1.82, 2.24) is 4.90 Å². The van der Waals surface area contributed by atoms with Gasteiger partial charge in [-0.15, -0.1) is 0 Å². The number of rotatable bonds is 3. The van der Waals surface area contributed by atoms with E-state index in [2.05, 4.69) is 17.1 Å². The van der Waals surface area contributed by atoms with Crippen LogP contribution in [0.3, 0.4) is 0 Å². The maximum atomic E-state index is 12.5. The van der Waals surface area contributed by atoms with Gasteiger partial charge in [0, 0.05) is 30.9 Å². The van der Waals surface area contributed by atoms with Crippen LogP contribution in [0.25, 0.3) is 0 Å². The van der Waals surface area contributed by atoms with Gasteiger partial charge in [-0.3, -0.25) is 4.79 Å². The maximum absolute atomic E-state index is 12.5. The summed E-state index contributed by atoms with van der Waals surface area (Å²) in [6.07, 6.45) is 3.98. The summed E-state index contributed by atoms with van der Waals surface area (Å²) in [6, 6.07) is 7.87. The minimum Gasteiger partial charge on any atom is -0.385 e. The molecule has 2 atom stereocenters. The van der Waals surface area contributed by atoms with E-state index in [1.54, 1.807) is 0 Å². The summed E-state index contributed by atoms with van der Waals surface area (Å²) in [5.41, 5.74) is 1.90. The normalized spacial score (nSPS) is 25.4. The number of amides is 1. The van der Waals surface area contributed by atoms with Gasteiger partial charge in [-0.25, -0.2) is 0 Å². The van der Waals surface area contributed by atoms with Crippen molar-refractivity contribution in [2.45, 2.75) is 26.2 Å². The highest BCUT2D eigenvalue weighted by atomic mass is 16.2. The number of hydrogen-bond donors (Lipinski definition) is 1. The Bertz CT molecular complexity index is 442. The molecule has 3 rings (SSSR count). The Morgan fingerprint density at radius 2 is 1.84 bits per heavy atom. The van der Waals surface area contributed by atoms with Crippen molar-refractivity contribution in [3.63, 3.8) is 0 Å². The smallest absolute Gasteiger partial charge is 0.253 e. The number of carbonyl (C=O) groups is 1. The van der Waals surface area contributed by atoms with E-state index in [9.17, 15) is 4.79 Å². The van der Waals surface area contributed by atoms with Gasteiger partial charge < -0.3 is 10.2 Å². The molecule has 3 nitrogen and oxygen atoms in total. The third kappa shape index (κ3) is 2.46. The van der Waals surface area contributed by atoms with Crippen molar-refractivity contribution in [2.24, 2.45) is 11.8 Å². The average molecular weight is 258 g/mol. The Labute approximate surface area is 115 Å². The fourth-order valence-electron chi connectivity index (χ4n) is 3.52. The number of nitrogens with zero attached hydrogens (tertiary/aromatic N) is 1. The second-order valence-electron chi connectivity index (χ2n) is 5.77. The molecule has 0 spiro atoms. The first-order chi connectivity index (χ1) is 9.28. The Morgan fingerprint density at radius 1 is 1.21 bits per heavy atom. The number of likely N-dealkylation sites (tertiary alicyclic amines) is 1. The molecule has 2 unspecified atom stereocenters. The second kappa shape index (κ2) is 5.24. The Kier molecular flexibility index (Phi) is 3.45. The van der Waals surface area contributed by atoms with E-state index in [-0.39, 0.29) is 5.91 Å². The predicted octanol–water partition coefficient (Wildman–Crippen LogP) is 2.99. The number of benzene rings is 1. The zero-order valence-electron chi connectivity index (χ0n) is 11.6. The van der Waals surface area contributed by atoms with Gasteiger partial charge in [-0.05, 0) is 55.9 Å². The average Bonchev–Trinajstić information content (AvgIpc) is 3.00. The molecule has 1 amide bonds. The number of hydrogen-bond acceptors (Lipinski definition) is 2. The van der Waals surface area contributed by atoms with Crippen LogP contribution in [0.15, 0.2) is 24.3 Å². The van der Waals surface area contributed by atoms with Crippen LogP contribution in [0.1, 0.15) is 36.5 Å². The minimum absolute atomic E-state index is 0.206. The third-order valence-electron chi connectivity index (χ3n) is 4.53. The lowest BCUT2D eigenvalue weighted by atomic mass is 10.0. The van der Waals surface area contributed by atoms with Crippen molar-refractivity contribution in [3.8, 4) is 0 Å². The molecule has 1 aliphatic heterocycles. The van der Waals surface area contributed by atoms with Crippen LogP contribution >= 0.6 is 0 Å². The SMILES string of the molecule is CCNc1ccc(C(=O)N2CC3CCCC3C2)cc1. The molecule has 0 aromatic heterocycles. The molecule has 1 saturated carbocycles. The first kappa shape index (κ1) is 12.5. The lowest BCUT2D eigenvalue weighted by Gasteiger charge is -2.17. The van der Waals surface area contributed by atoms with E-state index in [4.69, 9.17) is 0 Å². The van der Waals surface area contributed by atoms with E-state index < -0.39 is 0 Å². The molecule has 1 aliphatic carbocycles. The monoisotopic (exact) mass is 258 g/mol. The lowest BCUT2D eigenvalue weighted by Crippen LogP contribution is -2.29. The summed E-state index contributed by atoms with van der Waals surface area (Å²) in [4.78, 5) is 14.5. The number of anilines is 1. The van der Waals surface area contributed by atoms with Gasteiger partial charge in [-0.1, -0.05) is 6.42 Å². The molecule has 1 aromatic rings.